The number of hydrogen-bond acceptors (Lipinski definition) is 1. The average Bonchev–Trinajstić information content (AvgIpc) is 2.63. The van der Waals surface area contributed by atoms with E-state index in [-0.39, 0.29) is 5.78 Å². The van der Waals surface area contributed by atoms with Gasteiger partial charge < -0.3 is 4.57 Å². The summed E-state index contributed by atoms with van der Waals surface area (Å²) in [5.41, 5.74) is 2.00. The Morgan fingerprint density at radius 3 is 2.80 bits per heavy atom. The highest BCUT2D eigenvalue weighted by Gasteiger charge is 2.05. The largest absolute Gasteiger partial charge is 0.353 e. The van der Waals surface area contributed by atoms with Crippen LogP contribution in [0.2, 0.25) is 0 Å². The summed E-state index contributed by atoms with van der Waals surface area (Å²) in [5.74, 6) is 0.242. The van der Waals surface area contributed by atoms with E-state index in [1.165, 1.54) is 5.57 Å². The third-order valence-electron chi connectivity index (χ3n) is 2.35. The van der Waals surface area contributed by atoms with Crippen molar-refractivity contribution < 1.29 is 4.79 Å². The standard InChI is InChI=1S/C13H19NO/c1-4-5-13(15)12-7-9-14(10-12)8-6-11(2)3/h7,9-10H,2,4-6,8H2,1,3H3. The molecular weight excluding hydrogens is 186 g/mol. The van der Waals surface area contributed by atoms with Crippen LogP contribution in [0.5, 0.6) is 0 Å². The summed E-state index contributed by atoms with van der Waals surface area (Å²) in [5, 5.41) is 0. The van der Waals surface area contributed by atoms with Gasteiger partial charge in [-0.15, -0.1) is 6.58 Å². The maximum atomic E-state index is 11.6. The topological polar surface area (TPSA) is 22.0 Å². The van der Waals surface area contributed by atoms with E-state index in [4.69, 9.17) is 0 Å². The van der Waals surface area contributed by atoms with Crippen LogP contribution in [0.4, 0.5) is 0 Å². The van der Waals surface area contributed by atoms with Gasteiger partial charge in [0.25, 0.3) is 0 Å². The molecule has 0 aromatic carbocycles. The number of carbonyl (C=O) groups is 1. The molecule has 0 atom stereocenters. The van der Waals surface area contributed by atoms with Crippen LogP contribution in [-0.2, 0) is 6.54 Å². The molecule has 1 rings (SSSR count). The maximum absolute atomic E-state index is 11.6. The molecular formula is C13H19NO. The lowest BCUT2D eigenvalue weighted by Gasteiger charge is -2.01. The zero-order valence-electron chi connectivity index (χ0n) is 9.62. The number of allylic oxidation sites excluding steroid dienone is 1. The molecule has 0 fully saturated rings. The summed E-state index contributed by atoms with van der Waals surface area (Å²) in [4.78, 5) is 11.6. The van der Waals surface area contributed by atoms with Crippen LogP contribution in [0.15, 0.2) is 30.6 Å². The second kappa shape index (κ2) is 5.54. The Morgan fingerprint density at radius 2 is 2.20 bits per heavy atom. The third-order valence-corrected chi connectivity index (χ3v) is 2.35. The molecule has 2 nitrogen and oxygen atoms in total. The second-order valence-corrected chi connectivity index (χ2v) is 4.02. The lowest BCUT2D eigenvalue weighted by atomic mass is 10.1. The van der Waals surface area contributed by atoms with Crippen molar-refractivity contribution in [1.29, 1.82) is 0 Å². The van der Waals surface area contributed by atoms with E-state index in [1.807, 2.05) is 32.3 Å². The van der Waals surface area contributed by atoms with E-state index >= 15 is 0 Å². The molecule has 0 radical (unpaired) electrons. The number of carbonyl (C=O) groups excluding carboxylic acids is 1. The summed E-state index contributed by atoms with van der Waals surface area (Å²) in [6.45, 7) is 8.82. The Balaban J connectivity index is 2.56. The molecule has 0 unspecified atom stereocenters. The van der Waals surface area contributed by atoms with E-state index in [0.717, 1.165) is 24.9 Å². The molecule has 1 aromatic heterocycles. The minimum absolute atomic E-state index is 0.242. The number of aromatic nitrogens is 1. The van der Waals surface area contributed by atoms with Gasteiger partial charge in [0.15, 0.2) is 5.78 Å². The predicted octanol–water partition coefficient (Wildman–Crippen LogP) is 3.44. The Morgan fingerprint density at radius 1 is 1.47 bits per heavy atom. The SMILES string of the molecule is C=C(C)CCn1ccc(C(=O)CCC)c1. The fourth-order valence-electron chi connectivity index (χ4n) is 1.44. The number of hydrogen-bond donors (Lipinski definition) is 0. The molecule has 2 heteroatoms. The Hall–Kier alpha value is -1.31. The molecule has 0 aliphatic heterocycles. The molecule has 15 heavy (non-hydrogen) atoms. The van der Waals surface area contributed by atoms with Gasteiger partial charge >= 0.3 is 0 Å². The van der Waals surface area contributed by atoms with Crippen LogP contribution >= 0.6 is 0 Å². The molecule has 0 amide bonds. The van der Waals surface area contributed by atoms with E-state index in [1.54, 1.807) is 0 Å². The lowest BCUT2D eigenvalue weighted by molar-refractivity contribution is 0.0981. The Bertz CT molecular complexity index is 349. The first-order valence-electron chi connectivity index (χ1n) is 5.47. The smallest absolute Gasteiger partial charge is 0.164 e. The molecule has 1 aromatic rings. The summed E-state index contributed by atoms with van der Waals surface area (Å²) < 4.78 is 2.05. The van der Waals surface area contributed by atoms with Crippen molar-refractivity contribution in [3.8, 4) is 0 Å². The van der Waals surface area contributed by atoms with E-state index < -0.39 is 0 Å². The van der Waals surface area contributed by atoms with Crippen LogP contribution in [0.1, 0.15) is 43.5 Å². The first kappa shape index (κ1) is 11.8. The third kappa shape index (κ3) is 3.74. The Kier molecular flexibility index (Phi) is 4.35. The van der Waals surface area contributed by atoms with Crippen molar-refractivity contribution in [2.24, 2.45) is 0 Å². The highest BCUT2D eigenvalue weighted by Crippen LogP contribution is 2.08. The van der Waals surface area contributed by atoms with Crippen LogP contribution in [-0.4, -0.2) is 10.4 Å². The first-order valence-corrected chi connectivity index (χ1v) is 5.47. The van der Waals surface area contributed by atoms with Gasteiger partial charge in [-0.1, -0.05) is 12.5 Å². The predicted molar refractivity (Wildman–Crippen MR) is 63.1 cm³/mol. The van der Waals surface area contributed by atoms with Crippen molar-refractivity contribution in [3.63, 3.8) is 0 Å². The molecule has 0 saturated heterocycles. The van der Waals surface area contributed by atoms with Gasteiger partial charge in [0.1, 0.15) is 0 Å². The number of aryl methyl sites for hydroxylation is 1. The number of rotatable bonds is 6. The monoisotopic (exact) mass is 205 g/mol. The molecule has 0 N–H and O–H groups in total. The van der Waals surface area contributed by atoms with Crippen molar-refractivity contribution in [1.82, 2.24) is 4.57 Å². The van der Waals surface area contributed by atoms with Crippen LogP contribution in [0.3, 0.4) is 0 Å². The molecule has 82 valence electrons. The van der Waals surface area contributed by atoms with Crippen LogP contribution in [0, 0.1) is 0 Å². The highest BCUT2D eigenvalue weighted by molar-refractivity contribution is 5.95. The highest BCUT2D eigenvalue weighted by atomic mass is 16.1. The van der Waals surface area contributed by atoms with Gasteiger partial charge in [0.2, 0.25) is 0 Å². The summed E-state index contributed by atoms with van der Waals surface area (Å²) >= 11 is 0. The molecule has 1 heterocycles. The van der Waals surface area contributed by atoms with E-state index in [0.29, 0.717) is 6.42 Å². The quantitative estimate of drug-likeness (QED) is 0.515. The molecule has 0 spiro atoms. The molecule has 0 saturated carbocycles. The fourth-order valence-corrected chi connectivity index (χ4v) is 1.44. The number of ketones is 1. The zero-order valence-corrected chi connectivity index (χ0v) is 9.62. The van der Waals surface area contributed by atoms with Gasteiger partial charge in [0.05, 0.1) is 0 Å². The van der Waals surface area contributed by atoms with Crippen molar-refractivity contribution >= 4 is 5.78 Å². The second-order valence-electron chi connectivity index (χ2n) is 4.02. The van der Waals surface area contributed by atoms with Crippen molar-refractivity contribution in [3.05, 3.63) is 36.2 Å². The van der Waals surface area contributed by atoms with E-state index in [2.05, 4.69) is 11.1 Å². The van der Waals surface area contributed by atoms with Crippen molar-refractivity contribution in [2.75, 3.05) is 0 Å². The fraction of sp³-hybridized carbons (Fsp3) is 0.462. The molecule has 0 aliphatic carbocycles. The summed E-state index contributed by atoms with van der Waals surface area (Å²) in [6.07, 6.45) is 6.42. The summed E-state index contributed by atoms with van der Waals surface area (Å²) in [6, 6.07) is 1.90. The van der Waals surface area contributed by atoms with Gasteiger partial charge in [-0.2, -0.15) is 0 Å². The maximum Gasteiger partial charge on any atom is 0.164 e. The van der Waals surface area contributed by atoms with Crippen molar-refractivity contribution in [2.45, 2.75) is 39.7 Å². The van der Waals surface area contributed by atoms with Gasteiger partial charge in [-0.25, -0.2) is 0 Å². The minimum atomic E-state index is 0.242. The van der Waals surface area contributed by atoms with Crippen LogP contribution < -0.4 is 0 Å². The average molecular weight is 205 g/mol. The zero-order chi connectivity index (χ0) is 11.3. The molecule has 0 aliphatic rings. The molecule has 0 bridgehead atoms. The number of nitrogens with zero attached hydrogens (tertiary/aromatic N) is 1. The minimum Gasteiger partial charge on any atom is -0.353 e. The normalized spacial score (nSPS) is 10.3. The van der Waals surface area contributed by atoms with Gasteiger partial charge in [0, 0.05) is 30.9 Å². The van der Waals surface area contributed by atoms with Gasteiger partial charge in [-0.05, 0) is 25.8 Å². The van der Waals surface area contributed by atoms with Gasteiger partial charge in [-0.3, -0.25) is 4.79 Å². The Labute approximate surface area is 91.6 Å². The number of Topliss-reactive ketones (excluding diaryl/α,β-unsaturated/α-hetero) is 1. The summed E-state index contributed by atoms with van der Waals surface area (Å²) in [7, 11) is 0. The van der Waals surface area contributed by atoms with Crippen LogP contribution in [0.25, 0.3) is 0 Å². The lowest BCUT2D eigenvalue weighted by Crippen LogP contribution is -1.98. The first-order chi connectivity index (χ1) is 7.13. The van der Waals surface area contributed by atoms with E-state index in [9.17, 15) is 4.79 Å².